The van der Waals surface area contributed by atoms with Gasteiger partial charge in [0.25, 0.3) is 0 Å². The molecule has 0 aliphatic carbocycles. The van der Waals surface area contributed by atoms with Crippen molar-refractivity contribution in [2.45, 2.75) is 25.8 Å². The quantitative estimate of drug-likeness (QED) is 0.900. The van der Waals surface area contributed by atoms with E-state index in [9.17, 15) is 9.59 Å². The number of hydrogen-bond donors (Lipinski definition) is 1. The Kier molecular flexibility index (Phi) is 5.58. The van der Waals surface area contributed by atoms with E-state index >= 15 is 0 Å². The number of rotatable bonds is 3. The predicted molar refractivity (Wildman–Crippen MR) is 95.3 cm³/mol. The van der Waals surface area contributed by atoms with Crippen LogP contribution in [0.5, 0.6) is 5.75 Å². The van der Waals surface area contributed by atoms with Crippen LogP contribution in [0, 0.1) is 5.92 Å². The second-order valence-electron chi connectivity index (χ2n) is 6.81. The molecule has 0 radical (unpaired) electrons. The number of likely N-dealkylation sites (tertiary alicyclic amines) is 1. The molecule has 2 heterocycles. The number of methoxy groups -OCH3 is 1. The number of nitrogens with zero attached hydrogens (tertiary/aromatic N) is 2. The molecule has 25 heavy (non-hydrogen) atoms. The largest absolute Gasteiger partial charge is 0.497 e. The van der Waals surface area contributed by atoms with E-state index in [4.69, 9.17) is 4.74 Å². The minimum absolute atomic E-state index is 0.0226. The summed E-state index contributed by atoms with van der Waals surface area (Å²) >= 11 is 0. The fourth-order valence-corrected chi connectivity index (χ4v) is 3.77. The van der Waals surface area contributed by atoms with Crippen LogP contribution in [0.1, 0.15) is 31.4 Å². The Bertz CT molecular complexity index is 609. The molecule has 3 rings (SSSR count). The molecule has 1 aromatic carbocycles. The van der Waals surface area contributed by atoms with E-state index in [0.29, 0.717) is 13.1 Å². The molecule has 2 saturated heterocycles. The van der Waals surface area contributed by atoms with E-state index in [1.165, 1.54) is 0 Å². The van der Waals surface area contributed by atoms with Crippen LogP contribution in [0.2, 0.25) is 0 Å². The molecule has 1 atom stereocenters. The lowest BCUT2D eigenvalue weighted by Crippen LogP contribution is -2.52. The molecular formula is C19H27N3O3. The van der Waals surface area contributed by atoms with Crippen molar-refractivity contribution in [3.05, 3.63) is 29.8 Å². The van der Waals surface area contributed by atoms with Crippen molar-refractivity contribution >= 4 is 11.8 Å². The Hall–Kier alpha value is -2.08. The highest BCUT2D eigenvalue weighted by Crippen LogP contribution is 2.28. The fraction of sp³-hybridized carbons (Fsp3) is 0.579. The standard InChI is InChI=1S/C19H27N3O3/c1-14(23)21-10-7-16(8-11-21)19(24)22-12-9-20-13-18(22)15-3-5-17(25-2)6-4-15/h3-6,16,18,20H,7-13H2,1-2H3/t18-/m0/s1. The summed E-state index contributed by atoms with van der Waals surface area (Å²) < 4.78 is 5.23. The molecule has 2 fully saturated rings. The number of piperidine rings is 1. The van der Waals surface area contributed by atoms with Crippen molar-refractivity contribution in [2.75, 3.05) is 39.8 Å². The maximum Gasteiger partial charge on any atom is 0.226 e. The molecule has 0 unspecified atom stereocenters. The van der Waals surface area contributed by atoms with E-state index in [-0.39, 0.29) is 23.8 Å². The maximum atomic E-state index is 13.1. The smallest absolute Gasteiger partial charge is 0.226 e. The summed E-state index contributed by atoms with van der Waals surface area (Å²) in [5.74, 6) is 1.17. The third-order valence-electron chi connectivity index (χ3n) is 5.32. The lowest BCUT2D eigenvalue weighted by Gasteiger charge is -2.40. The number of ether oxygens (including phenoxy) is 1. The first-order chi connectivity index (χ1) is 12.1. The van der Waals surface area contributed by atoms with Gasteiger partial charge >= 0.3 is 0 Å². The zero-order valence-corrected chi connectivity index (χ0v) is 15.0. The first-order valence-electron chi connectivity index (χ1n) is 9.01. The van der Waals surface area contributed by atoms with Gasteiger partial charge in [-0.25, -0.2) is 0 Å². The van der Waals surface area contributed by atoms with Crippen LogP contribution in [-0.2, 0) is 9.59 Å². The average molecular weight is 345 g/mol. The number of carbonyl (C=O) groups is 2. The van der Waals surface area contributed by atoms with E-state index in [2.05, 4.69) is 5.32 Å². The third-order valence-corrected chi connectivity index (χ3v) is 5.32. The Labute approximate surface area is 149 Å². The summed E-state index contributed by atoms with van der Waals surface area (Å²) in [6.45, 7) is 5.28. The predicted octanol–water partition coefficient (Wildman–Crippen LogP) is 1.43. The number of hydrogen-bond acceptors (Lipinski definition) is 4. The minimum Gasteiger partial charge on any atom is -0.497 e. The molecule has 6 nitrogen and oxygen atoms in total. The van der Waals surface area contributed by atoms with Crippen LogP contribution in [0.3, 0.4) is 0 Å². The first kappa shape index (κ1) is 17.7. The van der Waals surface area contributed by atoms with Crippen LogP contribution in [0.25, 0.3) is 0 Å². The molecule has 0 aromatic heterocycles. The van der Waals surface area contributed by atoms with Gasteiger partial charge < -0.3 is 19.9 Å². The summed E-state index contributed by atoms with van der Waals surface area (Å²) in [5, 5.41) is 3.39. The highest BCUT2D eigenvalue weighted by atomic mass is 16.5. The molecule has 2 aliphatic heterocycles. The highest BCUT2D eigenvalue weighted by Gasteiger charge is 2.34. The maximum absolute atomic E-state index is 13.1. The van der Waals surface area contributed by atoms with Gasteiger partial charge in [-0.15, -0.1) is 0 Å². The van der Waals surface area contributed by atoms with Gasteiger partial charge in [0.15, 0.2) is 0 Å². The Morgan fingerprint density at radius 3 is 2.40 bits per heavy atom. The molecule has 6 heteroatoms. The van der Waals surface area contributed by atoms with E-state index in [1.807, 2.05) is 34.1 Å². The van der Waals surface area contributed by atoms with Crippen LogP contribution in [0.15, 0.2) is 24.3 Å². The van der Waals surface area contributed by atoms with Crippen LogP contribution in [0.4, 0.5) is 0 Å². The lowest BCUT2D eigenvalue weighted by atomic mass is 9.93. The summed E-state index contributed by atoms with van der Waals surface area (Å²) in [5.41, 5.74) is 1.13. The molecule has 0 spiro atoms. The summed E-state index contributed by atoms with van der Waals surface area (Å²) in [6, 6.07) is 8.01. The third kappa shape index (κ3) is 3.95. The van der Waals surface area contributed by atoms with Gasteiger partial charge in [-0.3, -0.25) is 9.59 Å². The van der Waals surface area contributed by atoms with Crippen LogP contribution < -0.4 is 10.1 Å². The molecule has 136 valence electrons. The second-order valence-corrected chi connectivity index (χ2v) is 6.81. The molecule has 0 bridgehead atoms. The topological polar surface area (TPSA) is 61.9 Å². The Morgan fingerprint density at radius 1 is 1.12 bits per heavy atom. The van der Waals surface area contributed by atoms with Crippen molar-refractivity contribution in [2.24, 2.45) is 5.92 Å². The summed E-state index contributed by atoms with van der Waals surface area (Å²) in [6.07, 6.45) is 1.52. The van der Waals surface area contributed by atoms with Gasteiger partial charge in [-0.1, -0.05) is 12.1 Å². The first-order valence-corrected chi connectivity index (χ1v) is 9.01. The number of nitrogens with one attached hydrogen (secondary N) is 1. The molecule has 2 amide bonds. The molecule has 0 saturated carbocycles. The summed E-state index contributed by atoms with van der Waals surface area (Å²) in [4.78, 5) is 28.4. The van der Waals surface area contributed by atoms with Gasteiger partial charge in [0, 0.05) is 45.6 Å². The number of benzene rings is 1. The SMILES string of the molecule is COc1ccc([C@@H]2CNCCN2C(=O)C2CCN(C(C)=O)CC2)cc1. The van der Waals surface area contributed by atoms with Crippen molar-refractivity contribution in [1.29, 1.82) is 0 Å². The zero-order chi connectivity index (χ0) is 17.8. The van der Waals surface area contributed by atoms with Crippen molar-refractivity contribution in [3.63, 3.8) is 0 Å². The van der Waals surface area contributed by atoms with Crippen LogP contribution >= 0.6 is 0 Å². The Balaban J connectivity index is 1.70. The van der Waals surface area contributed by atoms with Gasteiger partial charge in [0.05, 0.1) is 13.2 Å². The lowest BCUT2D eigenvalue weighted by molar-refractivity contribution is -0.142. The summed E-state index contributed by atoms with van der Waals surface area (Å²) in [7, 11) is 1.65. The van der Waals surface area contributed by atoms with Crippen molar-refractivity contribution < 1.29 is 14.3 Å². The van der Waals surface area contributed by atoms with E-state index in [0.717, 1.165) is 43.8 Å². The van der Waals surface area contributed by atoms with Gasteiger partial charge in [0.1, 0.15) is 5.75 Å². The zero-order valence-electron chi connectivity index (χ0n) is 15.0. The van der Waals surface area contributed by atoms with Gasteiger partial charge in [0.2, 0.25) is 11.8 Å². The average Bonchev–Trinajstić information content (AvgIpc) is 2.67. The molecule has 2 aliphatic rings. The monoisotopic (exact) mass is 345 g/mol. The van der Waals surface area contributed by atoms with E-state index < -0.39 is 0 Å². The number of carbonyl (C=O) groups excluding carboxylic acids is 2. The van der Waals surface area contributed by atoms with E-state index in [1.54, 1.807) is 14.0 Å². The fourth-order valence-electron chi connectivity index (χ4n) is 3.77. The normalized spacial score (nSPS) is 21.9. The molecule has 1 N–H and O–H groups in total. The Morgan fingerprint density at radius 2 is 1.80 bits per heavy atom. The highest BCUT2D eigenvalue weighted by molar-refractivity contribution is 5.80. The van der Waals surface area contributed by atoms with Crippen molar-refractivity contribution in [3.8, 4) is 5.75 Å². The molecular weight excluding hydrogens is 318 g/mol. The number of piperazine rings is 1. The van der Waals surface area contributed by atoms with Crippen molar-refractivity contribution in [1.82, 2.24) is 15.1 Å². The van der Waals surface area contributed by atoms with Gasteiger partial charge in [-0.2, -0.15) is 0 Å². The van der Waals surface area contributed by atoms with Gasteiger partial charge in [-0.05, 0) is 30.5 Å². The minimum atomic E-state index is 0.0226. The molecule has 1 aromatic rings. The second kappa shape index (κ2) is 7.87. The number of amides is 2. The van der Waals surface area contributed by atoms with Crippen LogP contribution in [-0.4, -0.2) is 61.4 Å².